The van der Waals surface area contributed by atoms with Crippen molar-refractivity contribution in [2.45, 2.75) is 52.1 Å². The van der Waals surface area contributed by atoms with Crippen LogP contribution in [-0.4, -0.2) is 42.4 Å². The lowest BCUT2D eigenvalue weighted by molar-refractivity contribution is -0.119. The van der Waals surface area contributed by atoms with Gasteiger partial charge in [0.1, 0.15) is 17.6 Å². The van der Waals surface area contributed by atoms with E-state index < -0.39 is 6.04 Å². The van der Waals surface area contributed by atoms with E-state index in [0.29, 0.717) is 29.0 Å². The van der Waals surface area contributed by atoms with E-state index in [2.05, 4.69) is 32.7 Å². The van der Waals surface area contributed by atoms with Crippen molar-refractivity contribution in [2.24, 2.45) is 18.9 Å². The van der Waals surface area contributed by atoms with Gasteiger partial charge in [-0.05, 0) is 49.8 Å². The average Bonchev–Trinajstić information content (AvgIpc) is 3.45. The number of anilines is 1. The van der Waals surface area contributed by atoms with E-state index in [1.54, 1.807) is 47.1 Å². The number of aromatic nitrogens is 5. The van der Waals surface area contributed by atoms with Crippen LogP contribution in [0.25, 0.3) is 11.3 Å². The molecule has 1 fully saturated rings. The molecule has 0 radical (unpaired) electrons. The third-order valence-electron chi connectivity index (χ3n) is 6.53. The quantitative estimate of drug-likeness (QED) is 0.529. The van der Waals surface area contributed by atoms with Crippen molar-refractivity contribution in [3.63, 3.8) is 0 Å². The summed E-state index contributed by atoms with van der Waals surface area (Å²) in [5.41, 5.74) is 1.99. The molecule has 2 N–H and O–H groups in total. The SMILES string of the molecule is CCn1nccc1C(=O)N[C@H](C(=O)Nc1ccc(-c2c(Cl)cnn2C)cn1)[C@H]1CC[C@H](C)CC1. The lowest BCUT2D eigenvalue weighted by atomic mass is 9.79. The number of nitrogens with zero attached hydrogens (tertiary/aromatic N) is 5. The minimum absolute atomic E-state index is 0.0608. The second kappa shape index (κ2) is 10.4. The molecular weight excluding hydrogens is 454 g/mol. The van der Waals surface area contributed by atoms with Gasteiger partial charge in [0, 0.05) is 31.5 Å². The number of amides is 2. The van der Waals surface area contributed by atoms with Gasteiger partial charge >= 0.3 is 0 Å². The maximum Gasteiger partial charge on any atom is 0.270 e. The molecule has 9 nitrogen and oxygen atoms in total. The summed E-state index contributed by atoms with van der Waals surface area (Å²) in [7, 11) is 1.81. The highest BCUT2D eigenvalue weighted by Gasteiger charge is 2.33. The van der Waals surface area contributed by atoms with Gasteiger partial charge in [0.2, 0.25) is 5.91 Å². The Balaban J connectivity index is 1.51. The van der Waals surface area contributed by atoms with Crippen molar-refractivity contribution in [1.29, 1.82) is 0 Å². The van der Waals surface area contributed by atoms with Gasteiger partial charge in [0.05, 0.1) is 16.9 Å². The van der Waals surface area contributed by atoms with Crippen molar-refractivity contribution < 1.29 is 9.59 Å². The number of rotatable bonds is 7. The van der Waals surface area contributed by atoms with Crippen molar-refractivity contribution in [2.75, 3.05) is 5.32 Å². The Kier molecular flexibility index (Phi) is 7.31. The minimum atomic E-state index is -0.659. The molecule has 3 aromatic heterocycles. The minimum Gasteiger partial charge on any atom is -0.339 e. The number of nitrogens with one attached hydrogen (secondary N) is 2. The molecule has 1 aliphatic rings. The smallest absolute Gasteiger partial charge is 0.270 e. The zero-order valence-electron chi connectivity index (χ0n) is 19.7. The van der Waals surface area contributed by atoms with Gasteiger partial charge in [-0.15, -0.1) is 0 Å². The van der Waals surface area contributed by atoms with Crippen LogP contribution in [0, 0.1) is 11.8 Å². The summed E-state index contributed by atoms with van der Waals surface area (Å²) in [6.07, 6.45) is 8.67. The predicted octanol–water partition coefficient (Wildman–Crippen LogP) is 3.92. The van der Waals surface area contributed by atoms with Gasteiger partial charge in [-0.3, -0.25) is 19.0 Å². The van der Waals surface area contributed by atoms with Gasteiger partial charge < -0.3 is 10.6 Å². The summed E-state index contributed by atoms with van der Waals surface area (Å²) in [6.45, 7) is 4.72. The van der Waals surface area contributed by atoms with E-state index in [1.165, 1.54) is 0 Å². The molecule has 0 aromatic carbocycles. The molecule has 10 heteroatoms. The first-order chi connectivity index (χ1) is 16.4. The van der Waals surface area contributed by atoms with E-state index in [-0.39, 0.29) is 17.7 Å². The summed E-state index contributed by atoms with van der Waals surface area (Å²) in [5, 5.41) is 14.7. The van der Waals surface area contributed by atoms with Gasteiger partial charge in [0.15, 0.2) is 0 Å². The fraction of sp³-hybridized carbons (Fsp3) is 0.458. The molecule has 2 amide bonds. The Morgan fingerprint density at radius 2 is 1.91 bits per heavy atom. The van der Waals surface area contributed by atoms with Crippen LogP contribution in [0.5, 0.6) is 0 Å². The van der Waals surface area contributed by atoms with Gasteiger partial charge in [-0.25, -0.2) is 4.98 Å². The monoisotopic (exact) mass is 483 g/mol. The number of carbonyl (C=O) groups excluding carboxylic acids is 2. The molecule has 1 saturated carbocycles. The van der Waals surface area contributed by atoms with Crippen LogP contribution in [0.1, 0.15) is 50.0 Å². The molecule has 0 spiro atoms. The number of halogens is 1. The Morgan fingerprint density at radius 3 is 2.53 bits per heavy atom. The Labute approximate surface area is 203 Å². The molecule has 4 rings (SSSR count). The number of hydrogen-bond donors (Lipinski definition) is 2. The lowest BCUT2D eigenvalue weighted by Crippen LogP contribution is -2.49. The fourth-order valence-electron chi connectivity index (χ4n) is 4.56. The molecule has 3 aromatic rings. The van der Waals surface area contributed by atoms with Crippen molar-refractivity contribution >= 4 is 29.2 Å². The topological polar surface area (TPSA) is 107 Å². The van der Waals surface area contributed by atoms with Crippen LogP contribution in [0.15, 0.2) is 36.8 Å². The van der Waals surface area contributed by atoms with E-state index >= 15 is 0 Å². The Bertz CT molecular complexity index is 1130. The first kappa shape index (κ1) is 23.9. The lowest BCUT2D eigenvalue weighted by Gasteiger charge is -2.32. The first-order valence-corrected chi connectivity index (χ1v) is 12.0. The van der Waals surface area contributed by atoms with Gasteiger partial charge in [-0.1, -0.05) is 31.4 Å². The largest absolute Gasteiger partial charge is 0.339 e. The van der Waals surface area contributed by atoms with Crippen LogP contribution < -0.4 is 10.6 Å². The second-order valence-corrected chi connectivity index (χ2v) is 9.30. The number of carbonyl (C=O) groups is 2. The summed E-state index contributed by atoms with van der Waals surface area (Å²) >= 11 is 6.23. The molecule has 1 atom stereocenters. The molecule has 0 bridgehead atoms. The maximum atomic E-state index is 13.4. The highest BCUT2D eigenvalue weighted by molar-refractivity contribution is 6.33. The number of pyridine rings is 1. The van der Waals surface area contributed by atoms with Crippen molar-refractivity contribution in [3.05, 3.63) is 47.5 Å². The van der Waals surface area contributed by atoms with E-state index in [1.807, 2.05) is 13.0 Å². The summed E-state index contributed by atoms with van der Waals surface area (Å²) in [6, 6.07) is 4.57. The molecule has 3 heterocycles. The standard InChI is InChI=1S/C24H30ClN7O2/c1-4-32-19(11-12-27-32)23(33)30-21(16-7-5-15(2)6-8-16)24(34)29-20-10-9-17(13-26-20)22-18(25)14-28-31(22)3/h9-16,21H,4-8H2,1-3H3,(H,30,33)(H,26,29,34)/t15-,16-,21-/m0/s1. The molecule has 0 saturated heterocycles. The summed E-state index contributed by atoms with van der Waals surface area (Å²) in [5.74, 6) is 0.534. The normalized spacial score (nSPS) is 18.9. The first-order valence-electron chi connectivity index (χ1n) is 11.6. The highest BCUT2D eigenvalue weighted by Crippen LogP contribution is 2.31. The number of hydrogen-bond acceptors (Lipinski definition) is 5. The second-order valence-electron chi connectivity index (χ2n) is 8.89. The van der Waals surface area contributed by atoms with Gasteiger partial charge in [-0.2, -0.15) is 10.2 Å². The third kappa shape index (κ3) is 5.14. The zero-order valence-corrected chi connectivity index (χ0v) is 20.4. The molecule has 34 heavy (non-hydrogen) atoms. The summed E-state index contributed by atoms with van der Waals surface area (Å²) < 4.78 is 3.30. The predicted molar refractivity (Wildman–Crippen MR) is 130 cm³/mol. The molecule has 0 aliphatic heterocycles. The Morgan fingerprint density at radius 1 is 1.15 bits per heavy atom. The molecular formula is C24H30ClN7O2. The van der Waals surface area contributed by atoms with E-state index in [4.69, 9.17) is 11.6 Å². The maximum absolute atomic E-state index is 13.4. The molecule has 180 valence electrons. The fourth-order valence-corrected chi connectivity index (χ4v) is 4.83. The molecule has 0 unspecified atom stereocenters. The van der Waals surface area contributed by atoms with Crippen molar-refractivity contribution in [3.8, 4) is 11.3 Å². The van der Waals surface area contributed by atoms with Crippen LogP contribution in [0.2, 0.25) is 5.02 Å². The molecule has 1 aliphatic carbocycles. The van der Waals surface area contributed by atoms with Crippen molar-refractivity contribution in [1.82, 2.24) is 29.9 Å². The van der Waals surface area contributed by atoms with Crippen LogP contribution in [0.4, 0.5) is 5.82 Å². The van der Waals surface area contributed by atoms with Crippen LogP contribution in [-0.2, 0) is 18.4 Å². The van der Waals surface area contributed by atoms with E-state index in [0.717, 1.165) is 36.9 Å². The number of aryl methyl sites for hydroxylation is 2. The average molecular weight is 484 g/mol. The van der Waals surface area contributed by atoms with Crippen LogP contribution >= 0.6 is 11.6 Å². The Hall–Kier alpha value is -3.20. The van der Waals surface area contributed by atoms with Gasteiger partial charge in [0.25, 0.3) is 5.91 Å². The highest BCUT2D eigenvalue weighted by atomic mass is 35.5. The summed E-state index contributed by atoms with van der Waals surface area (Å²) in [4.78, 5) is 30.8. The third-order valence-corrected chi connectivity index (χ3v) is 6.81. The zero-order chi connectivity index (χ0) is 24.2. The van der Waals surface area contributed by atoms with E-state index in [9.17, 15) is 9.59 Å². The van der Waals surface area contributed by atoms with Crippen LogP contribution in [0.3, 0.4) is 0 Å².